The van der Waals surface area contributed by atoms with Gasteiger partial charge in [-0.05, 0) is 38.0 Å². The number of nitrogens with zero attached hydrogens (tertiary/aromatic N) is 1. The fourth-order valence-electron chi connectivity index (χ4n) is 1.93. The first kappa shape index (κ1) is 10.0. The molecule has 3 heteroatoms. The minimum Gasteiger partial charge on any atom is -0.478 e. The van der Waals surface area contributed by atoms with E-state index in [0.717, 1.165) is 17.8 Å². The third-order valence-corrected chi connectivity index (χ3v) is 3.09. The first-order valence-corrected chi connectivity index (χ1v) is 5.20. The van der Waals surface area contributed by atoms with E-state index >= 15 is 0 Å². The van der Waals surface area contributed by atoms with Crippen LogP contribution in [0.4, 0.5) is 5.69 Å². The molecule has 0 radical (unpaired) electrons. The van der Waals surface area contributed by atoms with Crippen molar-refractivity contribution >= 4 is 11.7 Å². The molecule has 1 aliphatic rings. The van der Waals surface area contributed by atoms with Crippen LogP contribution in [0.15, 0.2) is 18.2 Å². The average Bonchev–Trinajstić information content (AvgIpc) is 2.18. The summed E-state index contributed by atoms with van der Waals surface area (Å²) in [7, 11) is 0. The highest BCUT2D eigenvalue weighted by molar-refractivity contribution is 5.89. The zero-order valence-corrected chi connectivity index (χ0v) is 9.03. The first-order valence-electron chi connectivity index (χ1n) is 5.20. The number of rotatable bonds is 2. The van der Waals surface area contributed by atoms with Crippen molar-refractivity contribution in [3.05, 3.63) is 29.3 Å². The fraction of sp³-hybridized carbons (Fsp3) is 0.417. The Balaban J connectivity index is 2.36. The summed E-state index contributed by atoms with van der Waals surface area (Å²) in [6.45, 7) is 5.22. The van der Waals surface area contributed by atoms with Gasteiger partial charge >= 0.3 is 5.97 Å². The molecule has 3 nitrogen and oxygen atoms in total. The first-order chi connectivity index (χ1) is 7.09. The molecule has 1 fully saturated rings. The predicted molar refractivity (Wildman–Crippen MR) is 59.6 cm³/mol. The summed E-state index contributed by atoms with van der Waals surface area (Å²) in [6, 6.07) is 5.84. The SMILES string of the molecule is Cc1ccc(C(=O)O)cc1N1CCC1C. The number of anilines is 1. The highest BCUT2D eigenvalue weighted by Crippen LogP contribution is 2.29. The van der Waals surface area contributed by atoms with Crippen molar-refractivity contribution in [3.63, 3.8) is 0 Å². The molecule has 15 heavy (non-hydrogen) atoms. The average molecular weight is 205 g/mol. The third kappa shape index (κ3) is 1.69. The smallest absolute Gasteiger partial charge is 0.335 e. The van der Waals surface area contributed by atoms with Gasteiger partial charge in [-0.1, -0.05) is 6.07 Å². The van der Waals surface area contributed by atoms with Gasteiger partial charge in [-0.2, -0.15) is 0 Å². The summed E-state index contributed by atoms with van der Waals surface area (Å²) in [5.74, 6) is -0.857. The van der Waals surface area contributed by atoms with Crippen molar-refractivity contribution < 1.29 is 9.90 Å². The van der Waals surface area contributed by atoms with Gasteiger partial charge in [0.1, 0.15) is 0 Å². The van der Waals surface area contributed by atoms with E-state index in [1.807, 2.05) is 13.0 Å². The van der Waals surface area contributed by atoms with Crippen LogP contribution in [0.5, 0.6) is 0 Å². The molecule has 2 rings (SSSR count). The minimum atomic E-state index is -0.857. The van der Waals surface area contributed by atoms with Crippen LogP contribution in [-0.4, -0.2) is 23.7 Å². The molecule has 0 saturated carbocycles. The lowest BCUT2D eigenvalue weighted by Gasteiger charge is -2.41. The Morgan fingerprint density at radius 2 is 2.27 bits per heavy atom. The van der Waals surface area contributed by atoms with Crippen molar-refractivity contribution in [2.24, 2.45) is 0 Å². The molecule has 1 saturated heterocycles. The summed E-state index contributed by atoms with van der Waals surface area (Å²) >= 11 is 0. The largest absolute Gasteiger partial charge is 0.478 e. The maximum atomic E-state index is 10.9. The second kappa shape index (κ2) is 3.57. The third-order valence-electron chi connectivity index (χ3n) is 3.09. The second-order valence-electron chi connectivity index (χ2n) is 4.14. The highest BCUT2D eigenvalue weighted by atomic mass is 16.4. The van der Waals surface area contributed by atoms with Gasteiger partial charge in [0.15, 0.2) is 0 Å². The van der Waals surface area contributed by atoms with E-state index in [0.29, 0.717) is 11.6 Å². The maximum absolute atomic E-state index is 10.9. The number of carboxylic acid groups (broad SMARTS) is 1. The van der Waals surface area contributed by atoms with Crippen LogP contribution >= 0.6 is 0 Å². The molecule has 0 amide bonds. The van der Waals surface area contributed by atoms with Gasteiger partial charge in [0, 0.05) is 18.3 Å². The van der Waals surface area contributed by atoms with Crippen LogP contribution in [0.2, 0.25) is 0 Å². The number of carboxylic acids is 1. The van der Waals surface area contributed by atoms with Crippen molar-refractivity contribution in [1.29, 1.82) is 0 Å². The van der Waals surface area contributed by atoms with Crippen LogP contribution in [0.1, 0.15) is 29.3 Å². The molecule has 1 N–H and O–H groups in total. The molecule has 1 unspecified atom stereocenters. The van der Waals surface area contributed by atoms with E-state index in [9.17, 15) is 4.79 Å². The summed E-state index contributed by atoms with van der Waals surface area (Å²) in [4.78, 5) is 13.1. The Kier molecular flexibility index (Phi) is 2.39. The van der Waals surface area contributed by atoms with Crippen molar-refractivity contribution in [3.8, 4) is 0 Å². The lowest BCUT2D eigenvalue weighted by molar-refractivity contribution is 0.0697. The standard InChI is InChI=1S/C12H15NO2/c1-8-3-4-10(12(14)15)7-11(8)13-6-5-9(13)2/h3-4,7,9H,5-6H2,1-2H3,(H,14,15). The van der Waals surface area contributed by atoms with Gasteiger partial charge < -0.3 is 10.0 Å². The number of hydrogen-bond donors (Lipinski definition) is 1. The van der Waals surface area contributed by atoms with Crippen LogP contribution in [-0.2, 0) is 0 Å². The van der Waals surface area contributed by atoms with Gasteiger partial charge in [0.2, 0.25) is 0 Å². The predicted octanol–water partition coefficient (Wildman–Crippen LogP) is 2.29. The molecule has 1 aromatic rings. The minimum absolute atomic E-state index is 0.370. The topological polar surface area (TPSA) is 40.5 Å². The van der Waals surface area contributed by atoms with Crippen LogP contribution in [0.25, 0.3) is 0 Å². The number of carbonyl (C=O) groups is 1. The molecule has 0 aromatic heterocycles. The Bertz CT molecular complexity index is 401. The Labute approximate surface area is 89.3 Å². The molecule has 0 spiro atoms. The number of hydrogen-bond acceptors (Lipinski definition) is 2. The van der Waals surface area contributed by atoms with Crippen LogP contribution in [0, 0.1) is 6.92 Å². The van der Waals surface area contributed by atoms with Gasteiger partial charge in [-0.15, -0.1) is 0 Å². The lowest BCUT2D eigenvalue weighted by Crippen LogP contribution is -2.46. The number of aryl methyl sites for hydroxylation is 1. The van der Waals surface area contributed by atoms with E-state index < -0.39 is 5.97 Å². The maximum Gasteiger partial charge on any atom is 0.335 e. The molecular formula is C12H15NO2. The van der Waals surface area contributed by atoms with Crippen molar-refractivity contribution in [2.45, 2.75) is 26.3 Å². The summed E-state index contributed by atoms with van der Waals surface area (Å²) in [6.07, 6.45) is 1.19. The monoisotopic (exact) mass is 205 g/mol. The number of benzene rings is 1. The molecule has 1 aliphatic heterocycles. The number of aromatic carboxylic acids is 1. The quantitative estimate of drug-likeness (QED) is 0.805. The Hall–Kier alpha value is -1.51. The van der Waals surface area contributed by atoms with Crippen molar-refractivity contribution in [1.82, 2.24) is 0 Å². The Morgan fingerprint density at radius 3 is 2.73 bits per heavy atom. The van der Waals surface area contributed by atoms with E-state index in [1.165, 1.54) is 6.42 Å². The summed E-state index contributed by atoms with van der Waals surface area (Å²) in [5, 5.41) is 8.92. The van der Waals surface area contributed by atoms with Gasteiger partial charge in [0.05, 0.1) is 5.56 Å². The van der Waals surface area contributed by atoms with E-state index in [4.69, 9.17) is 5.11 Å². The highest BCUT2D eigenvalue weighted by Gasteiger charge is 2.25. The molecular weight excluding hydrogens is 190 g/mol. The summed E-state index contributed by atoms with van der Waals surface area (Å²) in [5.41, 5.74) is 2.58. The van der Waals surface area contributed by atoms with Crippen LogP contribution < -0.4 is 4.90 Å². The van der Waals surface area contributed by atoms with E-state index in [2.05, 4.69) is 11.8 Å². The Morgan fingerprint density at radius 1 is 1.53 bits per heavy atom. The van der Waals surface area contributed by atoms with Crippen LogP contribution in [0.3, 0.4) is 0 Å². The molecule has 80 valence electrons. The van der Waals surface area contributed by atoms with Gasteiger partial charge in [0.25, 0.3) is 0 Å². The molecule has 0 bridgehead atoms. The van der Waals surface area contributed by atoms with Crippen molar-refractivity contribution in [2.75, 3.05) is 11.4 Å². The molecule has 1 atom stereocenters. The van der Waals surface area contributed by atoms with E-state index in [1.54, 1.807) is 12.1 Å². The van der Waals surface area contributed by atoms with Gasteiger partial charge in [-0.25, -0.2) is 4.79 Å². The zero-order chi connectivity index (χ0) is 11.0. The second-order valence-corrected chi connectivity index (χ2v) is 4.14. The lowest BCUT2D eigenvalue weighted by atomic mass is 10.0. The normalized spacial score (nSPS) is 19.9. The fourth-order valence-corrected chi connectivity index (χ4v) is 1.93. The summed E-state index contributed by atoms with van der Waals surface area (Å²) < 4.78 is 0. The molecule has 1 heterocycles. The van der Waals surface area contributed by atoms with E-state index in [-0.39, 0.29) is 0 Å². The molecule has 1 aromatic carbocycles. The molecule has 0 aliphatic carbocycles. The zero-order valence-electron chi connectivity index (χ0n) is 9.03. The van der Waals surface area contributed by atoms with Gasteiger partial charge in [-0.3, -0.25) is 0 Å².